The van der Waals surface area contributed by atoms with Gasteiger partial charge in [0.2, 0.25) is 5.91 Å². The van der Waals surface area contributed by atoms with Crippen LogP contribution in [-0.2, 0) is 16.0 Å². The number of ether oxygens (including phenoxy) is 1. The van der Waals surface area contributed by atoms with Gasteiger partial charge >= 0.3 is 0 Å². The summed E-state index contributed by atoms with van der Waals surface area (Å²) in [5.41, 5.74) is 3.35. The molecule has 1 N–H and O–H groups in total. The van der Waals surface area contributed by atoms with Crippen LogP contribution < -0.4 is 5.32 Å². The van der Waals surface area contributed by atoms with Gasteiger partial charge in [0.05, 0.1) is 25.7 Å². The number of aliphatic imine (C=N–C) groups is 2. The maximum atomic E-state index is 13.6. The Hall–Kier alpha value is -3.78. The summed E-state index contributed by atoms with van der Waals surface area (Å²) in [6, 6.07) is 14.3. The maximum absolute atomic E-state index is 13.6. The third-order valence-electron chi connectivity index (χ3n) is 6.46. The molecule has 1 fully saturated rings. The Morgan fingerprint density at radius 3 is 2.70 bits per heavy atom. The molecule has 0 aromatic heterocycles. The van der Waals surface area contributed by atoms with Gasteiger partial charge in [0.25, 0.3) is 0 Å². The Labute approximate surface area is 191 Å². The van der Waals surface area contributed by atoms with E-state index in [-0.39, 0.29) is 17.7 Å². The summed E-state index contributed by atoms with van der Waals surface area (Å²) >= 11 is 0. The molecule has 0 bridgehead atoms. The van der Waals surface area contributed by atoms with E-state index < -0.39 is 6.04 Å². The molecule has 8 nitrogen and oxygen atoms in total. The van der Waals surface area contributed by atoms with E-state index in [9.17, 15) is 9.59 Å². The van der Waals surface area contributed by atoms with Crippen LogP contribution in [0.3, 0.4) is 0 Å². The van der Waals surface area contributed by atoms with Crippen molar-refractivity contribution in [2.45, 2.75) is 18.5 Å². The fraction of sp³-hybridized carbons (Fsp3) is 0.280. The number of hydrogen-bond acceptors (Lipinski definition) is 7. The van der Waals surface area contributed by atoms with Crippen LogP contribution in [0.5, 0.6) is 0 Å². The van der Waals surface area contributed by atoms with Crippen LogP contribution >= 0.6 is 0 Å². The molecule has 4 aliphatic rings. The number of nitrogens with one attached hydrogen (secondary N) is 1. The lowest BCUT2D eigenvalue weighted by atomic mass is 9.92. The summed E-state index contributed by atoms with van der Waals surface area (Å²) in [5.74, 6) is 1.43. The van der Waals surface area contributed by atoms with Crippen LogP contribution in [0.25, 0.3) is 0 Å². The van der Waals surface area contributed by atoms with Crippen molar-refractivity contribution in [2.75, 3.05) is 31.6 Å². The van der Waals surface area contributed by atoms with Crippen molar-refractivity contribution in [3.05, 3.63) is 77.6 Å². The van der Waals surface area contributed by atoms with Crippen molar-refractivity contribution >= 4 is 29.0 Å². The predicted octanol–water partition coefficient (Wildman–Crippen LogP) is 2.40. The highest BCUT2D eigenvalue weighted by atomic mass is 16.5. The van der Waals surface area contributed by atoms with E-state index >= 15 is 0 Å². The molecule has 4 aliphatic heterocycles. The lowest BCUT2D eigenvalue weighted by molar-refractivity contribution is -0.115. The number of ketones is 1. The van der Waals surface area contributed by atoms with Gasteiger partial charge in [-0.1, -0.05) is 42.5 Å². The summed E-state index contributed by atoms with van der Waals surface area (Å²) < 4.78 is 5.51. The van der Waals surface area contributed by atoms with E-state index in [1.165, 1.54) is 0 Å². The highest BCUT2D eigenvalue weighted by molar-refractivity contribution is 6.42. The minimum absolute atomic E-state index is 0.0120. The number of nitrogens with zero attached hydrogens (tertiary/aromatic N) is 4. The molecule has 2 unspecified atom stereocenters. The molecule has 1 amide bonds. The summed E-state index contributed by atoms with van der Waals surface area (Å²) in [5, 5.41) is 2.88. The highest BCUT2D eigenvalue weighted by Crippen LogP contribution is 2.38. The van der Waals surface area contributed by atoms with Crippen LogP contribution in [0.4, 0.5) is 5.69 Å². The van der Waals surface area contributed by atoms with Gasteiger partial charge in [-0.3, -0.25) is 14.6 Å². The van der Waals surface area contributed by atoms with Gasteiger partial charge in [0, 0.05) is 36.7 Å². The van der Waals surface area contributed by atoms with Crippen molar-refractivity contribution in [3.8, 4) is 0 Å². The van der Waals surface area contributed by atoms with E-state index in [0.717, 1.165) is 35.7 Å². The Morgan fingerprint density at radius 1 is 1.06 bits per heavy atom. The molecular weight excluding hydrogens is 418 g/mol. The van der Waals surface area contributed by atoms with E-state index in [0.29, 0.717) is 31.0 Å². The molecular formula is C25H23N5O3. The third-order valence-corrected chi connectivity index (χ3v) is 6.46. The summed E-state index contributed by atoms with van der Waals surface area (Å²) in [6.45, 7) is 2.73. The van der Waals surface area contributed by atoms with Gasteiger partial charge < -0.3 is 19.9 Å². The first-order chi connectivity index (χ1) is 16.2. The fourth-order valence-electron chi connectivity index (χ4n) is 4.87. The zero-order valence-electron chi connectivity index (χ0n) is 18.0. The monoisotopic (exact) mass is 441 g/mol. The van der Waals surface area contributed by atoms with Crippen molar-refractivity contribution in [1.29, 1.82) is 0 Å². The number of rotatable bonds is 3. The largest absolute Gasteiger partial charge is 0.378 e. The van der Waals surface area contributed by atoms with Gasteiger partial charge in [0.15, 0.2) is 17.5 Å². The second kappa shape index (κ2) is 7.97. The Kier molecular flexibility index (Phi) is 4.80. The number of carbonyl (C=O) groups excluding carboxylic acids is 2. The zero-order valence-corrected chi connectivity index (χ0v) is 18.0. The summed E-state index contributed by atoms with van der Waals surface area (Å²) in [4.78, 5) is 39.3. The van der Waals surface area contributed by atoms with Crippen molar-refractivity contribution < 1.29 is 14.3 Å². The normalized spacial score (nSPS) is 23.6. The lowest BCUT2D eigenvalue weighted by Gasteiger charge is -2.34. The molecule has 0 aliphatic carbocycles. The predicted molar refractivity (Wildman–Crippen MR) is 124 cm³/mol. The lowest BCUT2D eigenvalue weighted by Crippen LogP contribution is -2.48. The first kappa shape index (κ1) is 19.9. The maximum Gasteiger partial charge on any atom is 0.228 e. The molecule has 2 aromatic rings. The van der Waals surface area contributed by atoms with E-state index in [4.69, 9.17) is 9.73 Å². The smallest absolute Gasteiger partial charge is 0.228 e. The van der Waals surface area contributed by atoms with Gasteiger partial charge in [-0.2, -0.15) is 0 Å². The van der Waals surface area contributed by atoms with E-state index in [2.05, 4.69) is 20.1 Å². The van der Waals surface area contributed by atoms with Crippen LogP contribution in [0, 0.1) is 0 Å². The van der Waals surface area contributed by atoms with Gasteiger partial charge in [0.1, 0.15) is 6.04 Å². The number of amides is 1. The second-order valence-corrected chi connectivity index (χ2v) is 8.47. The quantitative estimate of drug-likeness (QED) is 0.740. The number of morpholine rings is 1. The average molecular weight is 441 g/mol. The number of hydrogen-bond donors (Lipinski definition) is 1. The molecule has 8 heteroatoms. The molecule has 33 heavy (non-hydrogen) atoms. The van der Waals surface area contributed by atoms with Crippen molar-refractivity contribution in [2.24, 2.45) is 9.98 Å². The number of amidine groups is 2. The van der Waals surface area contributed by atoms with Crippen molar-refractivity contribution in [1.82, 2.24) is 9.80 Å². The fourth-order valence-corrected chi connectivity index (χ4v) is 4.87. The minimum Gasteiger partial charge on any atom is -0.378 e. The van der Waals surface area contributed by atoms with E-state index in [1.807, 2.05) is 54.7 Å². The molecule has 2 atom stereocenters. The SMILES string of the molecule is O=C1Cc2cc(C3C(C(=O)c4ccccc4)N=C4C(N5CCOCC5)=NC=CN43)ccc2N1. The number of benzene rings is 2. The molecule has 0 saturated carbocycles. The van der Waals surface area contributed by atoms with Crippen molar-refractivity contribution in [3.63, 3.8) is 0 Å². The first-order valence-electron chi connectivity index (χ1n) is 11.1. The van der Waals surface area contributed by atoms with Crippen LogP contribution in [-0.4, -0.2) is 65.5 Å². The Bertz CT molecular complexity index is 1210. The van der Waals surface area contributed by atoms with Gasteiger partial charge in [-0.05, 0) is 17.2 Å². The topological polar surface area (TPSA) is 86.6 Å². The minimum atomic E-state index is -0.625. The number of Topliss-reactive ketones (excluding diaryl/α,β-unsaturated/α-hetero) is 1. The Morgan fingerprint density at radius 2 is 1.88 bits per heavy atom. The molecule has 0 spiro atoms. The Balaban J connectivity index is 1.42. The zero-order chi connectivity index (χ0) is 22.4. The molecule has 166 valence electrons. The van der Waals surface area contributed by atoms with Crippen LogP contribution in [0.15, 0.2) is 70.9 Å². The van der Waals surface area contributed by atoms with E-state index in [1.54, 1.807) is 6.20 Å². The standard InChI is InChI=1S/C25H23N5O3/c31-20-15-18-14-17(6-7-19(18)27-20)22-21(23(32)16-4-2-1-3-5-16)28-25-24(26-8-9-30(22)25)29-10-12-33-13-11-29/h1-9,14,21-22H,10-13,15H2,(H,27,31). The molecule has 1 saturated heterocycles. The average Bonchev–Trinajstić information content (AvgIpc) is 3.43. The number of anilines is 1. The third kappa shape index (κ3) is 3.43. The summed E-state index contributed by atoms with van der Waals surface area (Å²) in [6.07, 6.45) is 4.00. The van der Waals surface area contributed by atoms with Gasteiger partial charge in [-0.25, -0.2) is 4.99 Å². The first-order valence-corrected chi connectivity index (χ1v) is 11.1. The molecule has 2 aromatic carbocycles. The van der Waals surface area contributed by atoms with Gasteiger partial charge in [-0.15, -0.1) is 0 Å². The second-order valence-electron chi connectivity index (χ2n) is 8.47. The molecule has 4 heterocycles. The number of fused-ring (bicyclic) bond motifs is 2. The van der Waals surface area contributed by atoms with Crippen LogP contribution in [0.1, 0.15) is 27.5 Å². The number of carbonyl (C=O) groups is 2. The summed E-state index contributed by atoms with van der Waals surface area (Å²) in [7, 11) is 0. The highest BCUT2D eigenvalue weighted by Gasteiger charge is 2.44. The molecule has 0 radical (unpaired) electrons. The van der Waals surface area contributed by atoms with Crippen LogP contribution in [0.2, 0.25) is 0 Å². The molecule has 6 rings (SSSR count).